The second-order valence-electron chi connectivity index (χ2n) is 4.74. The van der Waals surface area contributed by atoms with E-state index >= 15 is 0 Å². The number of nitrogens with two attached hydrogens (primary N) is 1. The molecule has 1 aromatic rings. The number of ether oxygens (including phenoxy) is 1. The molecule has 1 aliphatic rings. The molecule has 6 heteroatoms. The Kier molecular flexibility index (Phi) is 3.98. The van der Waals surface area contributed by atoms with Crippen LogP contribution in [0.1, 0.15) is 19.2 Å². The second kappa shape index (κ2) is 5.49. The van der Waals surface area contributed by atoms with Crippen molar-refractivity contribution in [3.05, 3.63) is 11.9 Å². The predicted octanol–water partition coefficient (Wildman–Crippen LogP) is 0.412. The summed E-state index contributed by atoms with van der Waals surface area (Å²) in [6.45, 7) is 3.88. The Morgan fingerprint density at radius 2 is 2.39 bits per heavy atom. The molecule has 18 heavy (non-hydrogen) atoms. The highest BCUT2D eigenvalue weighted by Crippen LogP contribution is 2.25. The molecule has 0 radical (unpaired) electrons. The molecule has 0 spiro atoms. The molecular weight excluding hydrogens is 232 g/mol. The van der Waals surface area contributed by atoms with E-state index in [1.807, 2.05) is 6.92 Å². The van der Waals surface area contributed by atoms with Gasteiger partial charge in [-0.15, -0.1) is 0 Å². The van der Waals surface area contributed by atoms with Crippen LogP contribution in [0.5, 0.6) is 0 Å². The maximum Gasteiger partial charge on any atom is 0.158 e. The fraction of sp³-hybridized carbons (Fsp3) is 0.667. The van der Waals surface area contributed by atoms with Gasteiger partial charge >= 0.3 is 0 Å². The maximum atomic E-state index is 9.61. The van der Waals surface area contributed by atoms with Gasteiger partial charge in [0.2, 0.25) is 0 Å². The summed E-state index contributed by atoms with van der Waals surface area (Å²) in [4.78, 5) is 10.7. The van der Waals surface area contributed by atoms with Crippen LogP contribution in [0.2, 0.25) is 0 Å². The Balaban J connectivity index is 2.13. The van der Waals surface area contributed by atoms with E-state index in [4.69, 9.17) is 10.5 Å². The molecule has 2 heterocycles. The van der Waals surface area contributed by atoms with E-state index in [0.29, 0.717) is 24.2 Å². The van der Waals surface area contributed by atoms with Crippen molar-refractivity contribution < 1.29 is 9.84 Å². The van der Waals surface area contributed by atoms with E-state index in [-0.39, 0.29) is 6.10 Å². The molecule has 1 aromatic heterocycles. The van der Waals surface area contributed by atoms with Crippen molar-refractivity contribution >= 4 is 11.6 Å². The van der Waals surface area contributed by atoms with Gasteiger partial charge in [0.1, 0.15) is 18.2 Å². The SMILES string of the molecule is COCc1nc(N)cc(N2CCC(C(C)O)C2)n1. The Morgan fingerprint density at radius 3 is 3.00 bits per heavy atom. The zero-order valence-corrected chi connectivity index (χ0v) is 10.8. The van der Waals surface area contributed by atoms with Gasteiger partial charge in [-0.2, -0.15) is 0 Å². The van der Waals surface area contributed by atoms with Crippen LogP contribution in [0.3, 0.4) is 0 Å². The van der Waals surface area contributed by atoms with Crippen molar-refractivity contribution in [2.24, 2.45) is 5.92 Å². The summed E-state index contributed by atoms with van der Waals surface area (Å²) >= 11 is 0. The largest absolute Gasteiger partial charge is 0.393 e. The van der Waals surface area contributed by atoms with Crippen LogP contribution in [0.4, 0.5) is 11.6 Å². The summed E-state index contributed by atoms with van der Waals surface area (Å²) in [7, 11) is 1.60. The van der Waals surface area contributed by atoms with Crippen molar-refractivity contribution in [2.75, 3.05) is 30.8 Å². The van der Waals surface area contributed by atoms with E-state index in [9.17, 15) is 5.11 Å². The maximum absolute atomic E-state index is 9.61. The van der Waals surface area contributed by atoms with Crippen LogP contribution in [-0.2, 0) is 11.3 Å². The molecule has 0 aromatic carbocycles. The van der Waals surface area contributed by atoms with Crippen LogP contribution in [0.15, 0.2) is 6.07 Å². The third-order valence-corrected chi connectivity index (χ3v) is 3.28. The minimum absolute atomic E-state index is 0.285. The lowest BCUT2D eigenvalue weighted by Crippen LogP contribution is -2.25. The summed E-state index contributed by atoms with van der Waals surface area (Å²) in [5.74, 6) is 2.16. The van der Waals surface area contributed by atoms with Gasteiger partial charge in [0.25, 0.3) is 0 Å². The number of nitrogen functional groups attached to an aromatic ring is 1. The fourth-order valence-electron chi connectivity index (χ4n) is 2.25. The van der Waals surface area contributed by atoms with Crippen LogP contribution in [0.25, 0.3) is 0 Å². The minimum Gasteiger partial charge on any atom is -0.393 e. The fourth-order valence-corrected chi connectivity index (χ4v) is 2.25. The first-order valence-corrected chi connectivity index (χ1v) is 6.15. The van der Waals surface area contributed by atoms with Crippen molar-refractivity contribution in [1.29, 1.82) is 0 Å². The first-order chi connectivity index (χ1) is 8.60. The van der Waals surface area contributed by atoms with Crippen molar-refractivity contribution in [1.82, 2.24) is 9.97 Å². The predicted molar refractivity (Wildman–Crippen MR) is 69.2 cm³/mol. The number of aromatic nitrogens is 2. The van der Waals surface area contributed by atoms with Gasteiger partial charge in [0, 0.05) is 32.2 Å². The molecule has 0 saturated carbocycles. The van der Waals surface area contributed by atoms with Crippen LogP contribution in [0, 0.1) is 5.92 Å². The average molecular weight is 252 g/mol. The van der Waals surface area contributed by atoms with E-state index in [1.54, 1.807) is 13.2 Å². The summed E-state index contributed by atoms with van der Waals surface area (Å²) in [5.41, 5.74) is 5.77. The van der Waals surface area contributed by atoms with Crippen molar-refractivity contribution in [2.45, 2.75) is 26.1 Å². The molecule has 2 atom stereocenters. The van der Waals surface area contributed by atoms with Gasteiger partial charge in [-0.3, -0.25) is 0 Å². The van der Waals surface area contributed by atoms with Gasteiger partial charge in [0.15, 0.2) is 5.82 Å². The van der Waals surface area contributed by atoms with Crippen LogP contribution < -0.4 is 10.6 Å². The zero-order valence-electron chi connectivity index (χ0n) is 10.8. The summed E-state index contributed by atoms with van der Waals surface area (Å²) in [5, 5.41) is 9.61. The van der Waals surface area contributed by atoms with Gasteiger partial charge < -0.3 is 20.5 Å². The quantitative estimate of drug-likeness (QED) is 0.807. The van der Waals surface area contributed by atoms with Crippen molar-refractivity contribution in [3.63, 3.8) is 0 Å². The number of nitrogens with zero attached hydrogens (tertiary/aromatic N) is 3. The Labute approximate surface area is 107 Å². The number of aliphatic hydroxyl groups is 1. The first kappa shape index (κ1) is 13.0. The smallest absolute Gasteiger partial charge is 0.158 e. The van der Waals surface area contributed by atoms with E-state index < -0.39 is 0 Å². The summed E-state index contributed by atoms with van der Waals surface area (Å²) in [6.07, 6.45) is 0.689. The van der Waals surface area contributed by atoms with Gasteiger partial charge in [-0.25, -0.2) is 9.97 Å². The standard InChI is InChI=1S/C12H20N4O2/c1-8(17)9-3-4-16(6-9)12-5-10(13)14-11(15-12)7-18-2/h5,8-9,17H,3-4,6-7H2,1-2H3,(H2,13,14,15). The lowest BCUT2D eigenvalue weighted by Gasteiger charge is -2.19. The molecule has 0 bridgehead atoms. The minimum atomic E-state index is -0.285. The molecule has 100 valence electrons. The van der Waals surface area contributed by atoms with Crippen LogP contribution >= 0.6 is 0 Å². The zero-order chi connectivity index (χ0) is 13.1. The van der Waals surface area contributed by atoms with Gasteiger partial charge in [-0.05, 0) is 13.3 Å². The molecule has 1 aliphatic heterocycles. The first-order valence-electron chi connectivity index (χ1n) is 6.15. The third-order valence-electron chi connectivity index (χ3n) is 3.28. The van der Waals surface area contributed by atoms with Crippen LogP contribution in [-0.4, -0.2) is 41.4 Å². The Hall–Kier alpha value is -1.40. The Bertz CT molecular complexity index is 411. The second-order valence-corrected chi connectivity index (χ2v) is 4.74. The molecule has 0 amide bonds. The molecule has 2 rings (SSSR count). The average Bonchev–Trinajstić information content (AvgIpc) is 2.78. The van der Waals surface area contributed by atoms with Gasteiger partial charge in [0.05, 0.1) is 6.10 Å². The summed E-state index contributed by atoms with van der Waals surface area (Å²) in [6, 6.07) is 1.77. The molecule has 1 saturated heterocycles. The molecule has 2 unspecified atom stereocenters. The monoisotopic (exact) mass is 252 g/mol. The number of anilines is 2. The Morgan fingerprint density at radius 1 is 1.61 bits per heavy atom. The third kappa shape index (κ3) is 2.88. The van der Waals surface area contributed by atoms with E-state index in [2.05, 4.69) is 14.9 Å². The number of hydrogen-bond donors (Lipinski definition) is 2. The van der Waals surface area contributed by atoms with E-state index in [1.165, 1.54) is 0 Å². The number of aliphatic hydroxyl groups excluding tert-OH is 1. The normalized spacial score (nSPS) is 21.3. The van der Waals surface area contributed by atoms with E-state index in [0.717, 1.165) is 25.3 Å². The topological polar surface area (TPSA) is 84.5 Å². The lowest BCUT2D eigenvalue weighted by atomic mass is 10.0. The molecule has 1 fully saturated rings. The highest BCUT2D eigenvalue weighted by molar-refractivity contribution is 5.47. The number of rotatable bonds is 4. The molecule has 0 aliphatic carbocycles. The highest BCUT2D eigenvalue weighted by Gasteiger charge is 2.27. The molecule has 3 N–H and O–H groups in total. The van der Waals surface area contributed by atoms with Crippen molar-refractivity contribution in [3.8, 4) is 0 Å². The number of methoxy groups -OCH3 is 1. The lowest BCUT2D eigenvalue weighted by molar-refractivity contribution is 0.136. The number of hydrogen-bond acceptors (Lipinski definition) is 6. The summed E-state index contributed by atoms with van der Waals surface area (Å²) < 4.78 is 5.02. The highest BCUT2D eigenvalue weighted by atomic mass is 16.5. The molecule has 6 nitrogen and oxygen atoms in total. The molecular formula is C12H20N4O2. The van der Waals surface area contributed by atoms with Gasteiger partial charge in [-0.1, -0.05) is 0 Å².